The molecule has 21 heavy (non-hydrogen) atoms. The summed E-state index contributed by atoms with van der Waals surface area (Å²) in [7, 11) is 0. The summed E-state index contributed by atoms with van der Waals surface area (Å²) in [4.78, 5) is 23.1. The Kier molecular flexibility index (Phi) is 9.16. The minimum absolute atomic E-state index is 0. The summed E-state index contributed by atoms with van der Waals surface area (Å²) in [5, 5.41) is 5.21. The number of ether oxygens (including phenoxy) is 1. The van der Waals surface area contributed by atoms with Crippen LogP contribution < -0.4 is 21.1 Å². The Morgan fingerprint density at radius 1 is 1.29 bits per heavy atom. The first-order chi connectivity index (χ1) is 9.56. The minimum Gasteiger partial charge on any atom is -0.494 e. The number of benzene rings is 1. The van der Waals surface area contributed by atoms with Crippen molar-refractivity contribution in [2.24, 2.45) is 11.7 Å². The number of nitrogens with two attached hydrogens (primary N) is 1. The summed E-state index contributed by atoms with van der Waals surface area (Å²) < 4.78 is 5.30. The van der Waals surface area contributed by atoms with Crippen LogP contribution in [0.3, 0.4) is 0 Å². The van der Waals surface area contributed by atoms with Gasteiger partial charge in [0.15, 0.2) is 0 Å². The number of rotatable bonds is 7. The fourth-order valence-corrected chi connectivity index (χ4v) is 1.46. The van der Waals surface area contributed by atoms with Gasteiger partial charge in [0.25, 0.3) is 0 Å². The van der Waals surface area contributed by atoms with E-state index in [1.165, 1.54) is 0 Å². The lowest BCUT2D eigenvalue weighted by atomic mass is 10.2. The molecule has 0 aliphatic carbocycles. The Balaban J connectivity index is 0.00000400. The van der Waals surface area contributed by atoms with Crippen LogP contribution >= 0.6 is 12.4 Å². The third-order valence-corrected chi connectivity index (χ3v) is 2.67. The zero-order valence-electron chi connectivity index (χ0n) is 12.2. The SMILES string of the molecule is CCOc1ccc(NC(=O)CNC(=O)C(C)CN)cc1.Cl. The first kappa shape index (κ1) is 19.2. The maximum atomic E-state index is 11.7. The molecule has 0 spiro atoms. The summed E-state index contributed by atoms with van der Waals surface area (Å²) in [5.74, 6) is -0.0649. The Labute approximate surface area is 130 Å². The lowest BCUT2D eigenvalue weighted by Gasteiger charge is -2.10. The van der Waals surface area contributed by atoms with E-state index < -0.39 is 0 Å². The molecule has 1 atom stereocenters. The van der Waals surface area contributed by atoms with Gasteiger partial charge in [-0.15, -0.1) is 12.4 Å². The molecule has 6 nitrogen and oxygen atoms in total. The Morgan fingerprint density at radius 3 is 2.43 bits per heavy atom. The van der Waals surface area contributed by atoms with E-state index in [0.29, 0.717) is 12.3 Å². The van der Waals surface area contributed by atoms with E-state index in [4.69, 9.17) is 10.5 Å². The molecule has 1 unspecified atom stereocenters. The molecule has 0 saturated carbocycles. The van der Waals surface area contributed by atoms with Crippen molar-refractivity contribution in [2.75, 3.05) is 25.0 Å². The molecule has 0 aliphatic rings. The van der Waals surface area contributed by atoms with Gasteiger partial charge in [0, 0.05) is 18.2 Å². The Hall–Kier alpha value is -1.79. The van der Waals surface area contributed by atoms with Gasteiger partial charge in [-0.1, -0.05) is 6.92 Å². The first-order valence-corrected chi connectivity index (χ1v) is 6.57. The van der Waals surface area contributed by atoms with Gasteiger partial charge in [-0.2, -0.15) is 0 Å². The normalized spacial score (nSPS) is 11.0. The highest BCUT2D eigenvalue weighted by Crippen LogP contribution is 2.15. The van der Waals surface area contributed by atoms with E-state index in [9.17, 15) is 9.59 Å². The van der Waals surface area contributed by atoms with Gasteiger partial charge < -0.3 is 21.1 Å². The van der Waals surface area contributed by atoms with E-state index in [1.807, 2.05) is 6.92 Å². The molecule has 118 valence electrons. The topological polar surface area (TPSA) is 93.5 Å². The van der Waals surface area contributed by atoms with E-state index >= 15 is 0 Å². The van der Waals surface area contributed by atoms with Crippen molar-refractivity contribution in [2.45, 2.75) is 13.8 Å². The maximum absolute atomic E-state index is 11.7. The lowest BCUT2D eigenvalue weighted by Crippen LogP contribution is -2.38. The fraction of sp³-hybridized carbons (Fsp3) is 0.429. The van der Waals surface area contributed by atoms with Crippen LogP contribution in [-0.4, -0.2) is 31.5 Å². The van der Waals surface area contributed by atoms with Crippen molar-refractivity contribution < 1.29 is 14.3 Å². The molecule has 2 amide bonds. The molecular weight excluding hydrogens is 294 g/mol. The summed E-state index contributed by atoms with van der Waals surface area (Å²) in [6, 6.07) is 7.03. The van der Waals surface area contributed by atoms with Gasteiger partial charge >= 0.3 is 0 Å². The van der Waals surface area contributed by atoms with Gasteiger partial charge in [0.2, 0.25) is 11.8 Å². The summed E-state index contributed by atoms with van der Waals surface area (Å²) in [5.41, 5.74) is 6.02. The smallest absolute Gasteiger partial charge is 0.243 e. The highest BCUT2D eigenvalue weighted by Gasteiger charge is 2.11. The quantitative estimate of drug-likeness (QED) is 0.704. The third-order valence-electron chi connectivity index (χ3n) is 2.67. The van der Waals surface area contributed by atoms with Crippen molar-refractivity contribution in [1.82, 2.24) is 5.32 Å². The van der Waals surface area contributed by atoms with Gasteiger partial charge in [-0.05, 0) is 31.2 Å². The number of halogens is 1. The average molecular weight is 316 g/mol. The third kappa shape index (κ3) is 6.97. The molecule has 0 aliphatic heterocycles. The molecule has 0 saturated heterocycles. The van der Waals surface area contributed by atoms with E-state index in [2.05, 4.69) is 10.6 Å². The van der Waals surface area contributed by atoms with Crippen molar-refractivity contribution in [3.63, 3.8) is 0 Å². The molecule has 0 heterocycles. The Bertz CT molecular complexity index is 451. The zero-order valence-corrected chi connectivity index (χ0v) is 13.0. The summed E-state index contributed by atoms with van der Waals surface area (Å²) >= 11 is 0. The highest BCUT2D eigenvalue weighted by molar-refractivity contribution is 5.94. The summed E-state index contributed by atoms with van der Waals surface area (Å²) in [6.07, 6.45) is 0. The highest BCUT2D eigenvalue weighted by atomic mass is 35.5. The van der Waals surface area contributed by atoms with Gasteiger partial charge in [-0.3, -0.25) is 9.59 Å². The summed E-state index contributed by atoms with van der Waals surface area (Å²) in [6.45, 7) is 4.39. The van der Waals surface area contributed by atoms with Crippen LogP contribution in [0.1, 0.15) is 13.8 Å². The van der Waals surface area contributed by atoms with Crippen molar-refractivity contribution in [3.8, 4) is 5.75 Å². The number of carbonyl (C=O) groups is 2. The van der Waals surface area contributed by atoms with Crippen LogP contribution in [-0.2, 0) is 9.59 Å². The predicted octanol–water partition coefficient (Wildman–Crippen LogP) is 1.16. The number of hydrogen-bond acceptors (Lipinski definition) is 4. The lowest BCUT2D eigenvalue weighted by molar-refractivity contribution is -0.126. The number of nitrogens with one attached hydrogen (secondary N) is 2. The molecule has 0 fully saturated rings. The van der Waals surface area contributed by atoms with Crippen LogP contribution in [0.15, 0.2) is 24.3 Å². The number of anilines is 1. The van der Waals surface area contributed by atoms with Crippen molar-refractivity contribution in [3.05, 3.63) is 24.3 Å². The van der Waals surface area contributed by atoms with E-state index in [0.717, 1.165) is 5.75 Å². The average Bonchev–Trinajstić information content (AvgIpc) is 2.46. The molecule has 1 aromatic rings. The van der Waals surface area contributed by atoms with Crippen LogP contribution in [0.5, 0.6) is 5.75 Å². The zero-order chi connectivity index (χ0) is 15.0. The van der Waals surface area contributed by atoms with Gasteiger partial charge in [0.05, 0.1) is 13.2 Å². The molecule has 0 aromatic heterocycles. The van der Waals surface area contributed by atoms with E-state index in [-0.39, 0.29) is 43.2 Å². The number of carbonyl (C=O) groups excluding carboxylic acids is 2. The monoisotopic (exact) mass is 315 g/mol. The molecule has 1 aromatic carbocycles. The molecule has 4 N–H and O–H groups in total. The fourth-order valence-electron chi connectivity index (χ4n) is 1.46. The molecule has 7 heteroatoms. The second-order valence-electron chi connectivity index (χ2n) is 4.36. The van der Waals surface area contributed by atoms with Crippen LogP contribution in [0.4, 0.5) is 5.69 Å². The van der Waals surface area contributed by atoms with Crippen molar-refractivity contribution in [1.29, 1.82) is 0 Å². The molecule has 0 radical (unpaired) electrons. The Morgan fingerprint density at radius 2 is 1.90 bits per heavy atom. The second-order valence-corrected chi connectivity index (χ2v) is 4.36. The van der Waals surface area contributed by atoms with Gasteiger partial charge in [-0.25, -0.2) is 0 Å². The minimum atomic E-state index is -0.298. The number of hydrogen-bond donors (Lipinski definition) is 3. The first-order valence-electron chi connectivity index (χ1n) is 6.57. The largest absolute Gasteiger partial charge is 0.494 e. The van der Waals surface area contributed by atoms with Crippen LogP contribution in [0, 0.1) is 5.92 Å². The maximum Gasteiger partial charge on any atom is 0.243 e. The predicted molar refractivity (Wildman–Crippen MR) is 84.7 cm³/mol. The number of amides is 2. The standard InChI is InChI=1S/C14H21N3O3.ClH/c1-3-20-12-6-4-11(5-7-12)17-13(18)9-16-14(19)10(2)8-15;/h4-7,10H,3,8-9,15H2,1-2H3,(H,16,19)(H,17,18);1H. The van der Waals surface area contributed by atoms with Gasteiger partial charge in [0.1, 0.15) is 5.75 Å². The van der Waals surface area contributed by atoms with Crippen LogP contribution in [0.25, 0.3) is 0 Å². The second kappa shape index (κ2) is 10.0. The van der Waals surface area contributed by atoms with Crippen molar-refractivity contribution >= 4 is 29.9 Å². The molecular formula is C14H22ClN3O3. The van der Waals surface area contributed by atoms with E-state index in [1.54, 1.807) is 31.2 Å². The molecule has 0 bridgehead atoms. The molecule has 1 rings (SSSR count). The van der Waals surface area contributed by atoms with Crippen LogP contribution in [0.2, 0.25) is 0 Å².